The molecule has 0 aliphatic carbocycles. The summed E-state index contributed by atoms with van der Waals surface area (Å²) in [7, 11) is 3.42. The van der Waals surface area contributed by atoms with Crippen molar-refractivity contribution in [3.05, 3.63) is 18.2 Å². The number of carboxylic acids is 1. The quantitative estimate of drug-likeness (QED) is 0.750. The predicted molar refractivity (Wildman–Crippen MR) is 62.7 cm³/mol. The van der Waals surface area contributed by atoms with Crippen molar-refractivity contribution < 1.29 is 14.6 Å². The molecule has 1 aromatic heterocycles. The number of rotatable bonds is 7. The summed E-state index contributed by atoms with van der Waals surface area (Å²) < 4.78 is 6.97. The first kappa shape index (κ1) is 13.7. The first-order valence-corrected chi connectivity index (χ1v) is 5.48. The van der Waals surface area contributed by atoms with E-state index in [4.69, 9.17) is 9.84 Å². The molecule has 0 unspecified atom stereocenters. The second kappa shape index (κ2) is 6.36. The second-order valence-corrected chi connectivity index (χ2v) is 3.96. The number of aliphatic carboxylic acids is 1. The molecule has 0 aliphatic rings. The maximum absolute atomic E-state index is 10.8. The van der Waals surface area contributed by atoms with Gasteiger partial charge in [-0.1, -0.05) is 0 Å². The largest absolute Gasteiger partial charge is 0.480 e. The summed E-state index contributed by atoms with van der Waals surface area (Å²) in [4.78, 5) is 16.8. The fourth-order valence-corrected chi connectivity index (χ4v) is 1.43. The van der Waals surface area contributed by atoms with Crippen molar-refractivity contribution in [2.45, 2.75) is 26.1 Å². The summed E-state index contributed by atoms with van der Waals surface area (Å²) in [6, 6.07) is -0.525. The van der Waals surface area contributed by atoms with Crippen LogP contribution in [0.25, 0.3) is 0 Å². The standard InChI is InChI=1S/C11H19N3O3/c1-9(11(15)16)13(2)8-10-12-4-5-14(10)6-7-17-3/h4-5,9H,6-8H2,1-3H3,(H,15,16)/t9-/m0/s1. The molecule has 6 nitrogen and oxygen atoms in total. The van der Waals surface area contributed by atoms with Gasteiger partial charge in [0.15, 0.2) is 0 Å². The molecule has 17 heavy (non-hydrogen) atoms. The van der Waals surface area contributed by atoms with Crippen LogP contribution in [0.1, 0.15) is 12.7 Å². The van der Waals surface area contributed by atoms with Gasteiger partial charge in [0.25, 0.3) is 0 Å². The van der Waals surface area contributed by atoms with E-state index < -0.39 is 12.0 Å². The highest BCUT2D eigenvalue weighted by atomic mass is 16.5. The number of methoxy groups -OCH3 is 1. The van der Waals surface area contributed by atoms with Crippen LogP contribution in [-0.2, 0) is 22.6 Å². The Labute approximate surface area is 101 Å². The molecule has 0 fully saturated rings. The minimum atomic E-state index is -0.831. The Morgan fingerprint density at radius 1 is 1.71 bits per heavy atom. The van der Waals surface area contributed by atoms with Crippen molar-refractivity contribution in [2.24, 2.45) is 0 Å². The van der Waals surface area contributed by atoms with Crippen LogP contribution in [0.15, 0.2) is 12.4 Å². The predicted octanol–water partition coefficient (Wildman–Crippen LogP) is 0.434. The van der Waals surface area contributed by atoms with Gasteiger partial charge in [-0.05, 0) is 14.0 Å². The van der Waals surface area contributed by atoms with Gasteiger partial charge in [0.2, 0.25) is 0 Å². The Morgan fingerprint density at radius 2 is 2.41 bits per heavy atom. The molecule has 0 bridgehead atoms. The third kappa shape index (κ3) is 3.83. The van der Waals surface area contributed by atoms with Gasteiger partial charge in [0, 0.05) is 26.0 Å². The maximum Gasteiger partial charge on any atom is 0.320 e. The molecule has 1 rings (SSSR count). The number of imidazole rings is 1. The molecule has 0 saturated heterocycles. The zero-order valence-corrected chi connectivity index (χ0v) is 10.5. The topological polar surface area (TPSA) is 67.6 Å². The maximum atomic E-state index is 10.8. The Morgan fingerprint density at radius 3 is 3.00 bits per heavy atom. The molecule has 1 aromatic rings. The Balaban J connectivity index is 2.61. The molecule has 1 atom stereocenters. The van der Waals surface area contributed by atoms with Gasteiger partial charge in [-0.3, -0.25) is 9.69 Å². The minimum absolute atomic E-state index is 0.504. The molecular formula is C11H19N3O3. The third-order valence-electron chi connectivity index (χ3n) is 2.75. The Hall–Kier alpha value is -1.40. The molecular weight excluding hydrogens is 222 g/mol. The first-order chi connectivity index (χ1) is 8.06. The summed E-state index contributed by atoms with van der Waals surface area (Å²) in [6.45, 7) is 3.50. The van der Waals surface area contributed by atoms with Crippen LogP contribution in [0.4, 0.5) is 0 Å². The van der Waals surface area contributed by atoms with Crippen LogP contribution in [-0.4, -0.2) is 52.3 Å². The number of hydrogen-bond acceptors (Lipinski definition) is 4. The van der Waals surface area contributed by atoms with E-state index in [2.05, 4.69) is 4.98 Å². The van der Waals surface area contributed by atoms with Crippen LogP contribution in [0.3, 0.4) is 0 Å². The fraction of sp³-hybridized carbons (Fsp3) is 0.636. The molecule has 0 spiro atoms. The summed E-state index contributed by atoms with van der Waals surface area (Å²) in [5.74, 6) is 0.0140. The zero-order chi connectivity index (χ0) is 12.8. The highest BCUT2D eigenvalue weighted by Gasteiger charge is 2.18. The summed E-state index contributed by atoms with van der Waals surface area (Å²) in [6.07, 6.45) is 3.58. The molecule has 0 saturated carbocycles. The molecule has 6 heteroatoms. The van der Waals surface area contributed by atoms with Crippen molar-refractivity contribution in [2.75, 3.05) is 20.8 Å². The van der Waals surface area contributed by atoms with E-state index in [0.717, 1.165) is 12.4 Å². The normalized spacial score (nSPS) is 12.9. The van der Waals surface area contributed by atoms with Crippen LogP contribution in [0, 0.1) is 0 Å². The number of hydrogen-bond donors (Lipinski definition) is 1. The van der Waals surface area contributed by atoms with Gasteiger partial charge < -0.3 is 14.4 Å². The smallest absolute Gasteiger partial charge is 0.320 e. The van der Waals surface area contributed by atoms with E-state index >= 15 is 0 Å². The minimum Gasteiger partial charge on any atom is -0.480 e. The number of carboxylic acid groups (broad SMARTS) is 1. The van der Waals surface area contributed by atoms with E-state index in [1.807, 2.05) is 10.8 Å². The molecule has 1 N–H and O–H groups in total. The van der Waals surface area contributed by atoms with Gasteiger partial charge in [0.1, 0.15) is 11.9 Å². The van der Waals surface area contributed by atoms with Crippen LogP contribution in [0.5, 0.6) is 0 Å². The molecule has 0 radical (unpaired) electrons. The third-order valence-corrected chi connectivity index (χ3v) is 2.75. The Kier molecular flexibility index (Phi) is 5.11. The summed E-state index contributed by atoms with van der Waals surface area (Å²) in [5.41, 5.74) is 0. The molecule has 0 aliphatic heterocycles. The monoisotopic (exact) mass is 241 g/mol. The summed E-state index contributed by atoms with van der Waals surface area (Å²) in [5, 5.41) is 8.90. The average molecular weight is 241 g/mol. The van der Waals surface area contributed by atoms with Crippen molar-refractivity contribution in [3.8, 4) is 0 Å². The van der Waals surface area contributed by atoms with Gasteiger partial charge in [0.05, 0.1) is 13.2 Å². The molecule has 96 valence electrons. The number of carbonyl (C=O) groups is 1. The number of nitrogens with zero attached hydrogens (tertiary/aromatic N) is 3. The fourth-order valence-electron chi connectivity index (χ4n) is 1.43. The zero-order valence-electron chi connectivity index (χ0n) is 10.5. The van der Waals surface area contributed by atoms with Gasteiger partial charge >= 0.3 is 5.97 Å². The van der Waals surface area contributed by atoms with Crippen molar-refractivity contribution >= 4 is 5.97 Å². The lowest BCUT2D eigenvalue weighted by molar-refractivity contribution is -0.142. The van der Waals surface area contributed by atoms with E-state index in [1.165, 1.54) is 0 Å². The molecule has 1 heterocycles. The van der Waals surface area contributed by atoms with Gasteiger partial charge in [-0.2, -0.15) is 0 Å². The van der Waals surface area contributed by atoms with Crippen molar-refractivity contribution in [1.29, 1.82) is 0 Å². The number of ether oxygens (including phenoxy) is 1. The van der Waals surface area contributed by atoms with E-state index in [0.29, 0.717) is 13.2 Å². The van der Waals surface area contributed by atoms with E-state index in [9.17, 15) is 4.79 Å². The lowest BCUT2D eigenvalue weighted by atomic mass is 10.3. The number of likely N-dealkylation sites (N-methyl/N-ethyl adjacent to an activating group) is 1. The van der Waals surface area contributed by atoms with Crippen LogP contribution in [0.2, 0.25) is 0 Å². The lowest BCUT2D eigenvalue weighted by Gasteiger charge is -2.21. The van der Waals surface area contributed by atoms with Gasteiger partial charge in [-0.15, -0.1) is 0 Å². The SMILES string of the molecule is COCCn1ccnc1CN(C)[C@@H](C)C(=O)O. The highest BCUT2D eigenvalue weighted by molar-refractivity contribution is 5.72. The Bertz CT molecular complexity index is 365. The lowest BCUT2D eigenvalue weighted by Crippen LogP contribution is -2.36. The van der Waals surface area contributed by atoms with Crippen molar-refractivity contribution in [3.63, 3.8) is 0 Å². The van der Waals surface area contributed by atoms with Gasteiger partial charge in [-0.25, -0.2) is 4.98 Å². The molecule has 0 aromatic carbocycles. The van der Waals surface area contributed by atoms with Crippen LogP contribution < -0.4 is 0 Å². The van der Waals surface area contributed by atoms with E-state index in [-0.39, 0.29) is 0 Å². The number of aromatic nitrogens is 2. The highest BCUT2D eigenvalue weighted by Crippen LogP contribution is 2.05. The summed E-state index contributed by atoms with van der Waals surface area (Å²) >= 11 is 0. The van der Waals surface area contributed by atoms with E-state index in [1.54, 1.807) is 32.2 Å². The second-order valence-electron chi connectivity index (χ2n) is 3.96. The first-order valence-electron chi connectivity index (χ1n) is 5.48. The molecule has 0 amide bonds. The average Bonchev–Trinajstić information content (AvgIpc) is 2.72. The van der Waals surface area contributed by atoms with Crippen molar-refractivity contribution in [1.82, 2.24) is 14.5 Å². The van der Waals surface area contributed by atoms with Crippen LogP contribution >= 0.6 is 0 Å².